The molecule has 2 bridgehead atoms. The van der Waals surface area contributed by atoms with E-state index in [4.69, 9.17) is 30.5 Å². The number of nitrogens with zero attached hydrogens (tertiary/aromatic N) is 2. The number of ether oxygens (including phenoxy) is 2. The fourth-order valence-electron chi connectivity index (χ4n) is 4.79. The number of para-hydroxylation sites is 1. The first-order valence-corrected chi connectivity index (χ1v) is 12.1. The van der Waals surface area contributed by atoms with Crippen LogP contribution in [0.4, 0.5) is 0 Å². The number of benzene rings is 2. The van der Waals surface area contributed by atoms with Crippen molar-refractivity contribution < 1.29 is 18.7 Å². The van der Waals surface area contributed by atoms with Gasteiger partial charge < -0.3 is 13.9 Å². The third kappa shape index (κ3) is 3.44. The molecule has 0 saturated heterocycles. The fraction of sp³-hybridized carbons (Fsp3) is 0.192. The van der Waals surface area contributed by atoms with Crippen LogP contribution in [-0.4, -0.2) is 23.4 Å². The van der Waals surface area contributed by atoms with Gasteiger partial charge >= 0.3 is 5.97 Å². The van der Waals surface area contributed by atoms with E-state index in [-0.39, 0.29) is 5.56 Å². The third-order valence-electron chi connectivity index (χ3n) is 6.34. The van der Waals surface area contributed by atoms with Crippen molar-refractivity contribution in [3.63, 3.8) is 0 Å². The lowest BCUT2D eigenvalue weighted by molar-refractivity contribution is -0.158. The Morgan fingerprint density at radius 1 is 1.20 bits per heavy atom. The second-order valence-corrected chi connectivity index (χ2v) is 9.98. The van der Waals surface area contributed by atoms with Gasteiger partial charge in [0.25, 0.3) is 5.56 Å². The van der Waals surface area contributed by atoms with E-state index in [2.05, 4.69) is 0 Å². The molecule has 0 unspecified atom stereocenters. The molecule has 0 aliphatic carbocycles. The van der Waals surface area contributed by atoms with Crippen LogP contribution < -0.4 is 19.6 Å². The Hall–Kier alpha value is -3.62. The van der Waals surface area contributed by atoms with E-state index in [0.717, 1.165) is 11.1 Å². The maximum Gasteiger partial charge on any atom is 0.317 e. The van der Waals surface area contributed by atoms with Gasteiger partial charge in [0.1, 0.15) is 23.2 Å². The Morgan fingerprint density at radius 3 is 2.83 bits per heavy atom. The molecule has 0 saturated carbocycles. The van der Waals surface area contributed by atoms with Gasteiger partial charge in [-0.05, 0) is 37.3 Å². The van der Waals surface area contributed by atoms with Crippen molar-refractivity contribution in [1.82, 2.24) is 4.57 Å². The number of fused-ring (bicyclic) bond motifs is 6. The lowest BCUT2D eigenvalue weighted by Gasteiger charge is -2.44. The second-order valence-electron chi connectivity index (χ2n) is 8.53. The van der Waals surface area contributed by atoms with Gasteiger partial charge in [-0.1, -0.05) is 53.3 Å². The third-order valence-corrected chi connectivity index (χ3v) is 7.56. The van der Waals surface area contributed by atoms with E-state index < -0.39 is 23.7 Å². The van der Waals surface area contributed by atoms with Crippen LogP contribution >= 0.6 is 22.9 Å². The van der Waals surface area contributed by atoms with Crippen molar-refractivity contribution in [2.45, 2.75) is 18.7 Å². The van der Waals surface area contributed by atoms with Gasteiger partial charge in [-0.15, -0.1) is 0 Å². The summed E-state index contributed by atoms with van der Waals surface area (Å²) in [6.45, 7) is 1.75. The summed E-state index contributed by atoms with van der Waals surface area (Å²) < 4.78 is 19.3. The maximum absolute atomic E-state index is 13.6. The number of thiazole rings is 1. The molecule has 0 spiro atoms. The minimum atomic E-state index is -1.20. The van der Waals surface area contributed by atoms with Crippen LogP contribution in [0.25, 0.3) is 17.4 Å². The number of carbonyl (C=O) groups excluding carboxylic acids is 1. The largest absolute Gasteiger partial charge is 0.469 e. The highest BCUT2D eigenvalue weighted by molar-refractivity contribution is 7.07. The molecule has 0 N–H and O–H groups in total. The number of methoxy groups -OCH3 is 1. The molecular formula is C26H19ClN2O5S. The zero-order valence-corrected chi connectivity index (χ0v) is 20.3. The van der Waals surface area contributed by atoms with Gasteiger partial charge in [-0.2, -0.15) is 0 Å². The van der Waals surface area contributed by atoms with Crippen LogP contribution in [0.5, 0.6) is 5.75 Å². The average molecular weight is 507 g/mol. The van der Waals surface area contributed by atoms with Crippen LogP contribution in [0.15, 0.2) is 74.9 Å². The first kappa shape index (κ1) is 21.9. The minimum absolute atomic E-state index is 0.257. The van der Waals surface area contributed by atoms with E-state index >= 15 is 0 Å². The topological polar surface area (TPSA) is 83.0 Å². The van der Waals surface area contributed by atoms with E-state index in [9.17, 15) is 9.59 Å². The Kier molecular flexibility index (Phi) is 4.98. The molecule has 6 rings (SSSR count). The van der Waals surface area contributed by atoms with E-state index in [1.54, 1.807) is 29.7 Å². The summed E-state index contributed by atoms with van der Waals surface area (Å²) in [5, 5.41) is 0.609. The number of rotatable bonds is 3. The standard InChI is InChI=1S/C26H19ClN2O5S/c1-26-21(24(31)32-2)22(17-8-3-4-9-19(17)34-26)29-23(30)20(35-25(29)28-26)13-16-10-11-18(33-16)14-6-5-7-15(27)12-14/h3-13,21-22H,1-2H3/b20-13+/t21-,22+,26-/m0/s1. The summed E-state index contributed by atoms with van der Waals surface area (Å²) in [4.78, 5) is 31.7. The average Bonchev–Trinajstić information content (AvgIpc) is 3.42. The van der Waals surface area contributed by atoms with Crippen LogP contribution in [0.2, 0.25) is 5.02 Å². The fourth-order valence-corrected chi connectivity index (χ4v) is 6.06. The van der Waals surface area contributed by atoms with Crippen molar-refractivity contribution in [2.75, 3.05) is 7.11 Å². The number of esters is 1. The summed E-state index contributed by atoms with van der Waals surface area (Å²) in [7, 11) is 1.33. The zero-order valence-electron chi connectivity index (χ0n) is 18.7. The van der Waals surface area contributed by atoms with Crippen LogP contribution in [0, 0.1) is 5.92 Å². The van der Waals surface area contributed by atoms with Crippen molar-refractivity contribution in [3.8, 4) is 17.1 Å². The highest BCUT2D eigenvalue weighted by Crippen LogP contribution is 2.47. The molecule has 9 heteroatoms. The van der Waals surface area contributed by atoms with Crippen molar-refractivity contribution >= 4 is 35.0 Å². The number of hydrogen-bond acceptors (Lipinski definition) is 7. The SMILES string of the molecule is COC(=O)[C@@H]1[C@H]2c3ccccc3O[C@]1(C)N=c1s/c(=C/c3ccc(-c4cccc(Cl)c4)o3)c(=O)n12. The first-order valence-electron chi connectivity index (χ1n) is 10.9. The van der Waals surface area contributed by atoms with Crippen molar-refractivity contribution in [3.05, 3.63) is 96.7 Å². The molecule has 0 amide bonds. The smallest absolute Gasteiger partial charge is 0.317 e. The Morgan fingerprint density at radius 2 is 2.03 bits per heavy atom. The second kappa shape index (κ2) is 7.96. The van der Waals surface area contributed by atoms with Gasteiger partial charge in [0.05, 0.1) is 17.7 Å². The van der Waals surface area contributed by atoms with Crippen LogP contribution in [0.1, 0.15) is 24.3 Å². The molecule has 35 heavy (non-hydrogen) atoms. The molecule has 0 fully saturated rings. The van der Waals surface area contributed by atoms with Gasteiger partial charge in [-0.3, -0.25) is 14.2 Å². The van der Waals surface area contributed by atoms with Gasteiger partial charge in [-0.25, -0.2) is 4.99 Å². The number of halogens is 1. The Labute approximate surface area is 208 Å². The molecule has 176 valence electrons. The molecule has 3 atom stereocenters. The monoisotopic (exact) mass is 506 g/mol. The summed E-state index contributed by atoms with van der Waals surface area (Å²) in [5.41, 5.74) is 0.118. The molecule has 2 aliphatic heterocycles. The maximum atomic E-state index is 13.6. The quantitative estimate of drug-likeness (QED) is 0.395. The molecule has 4 aromatic rings. The highest BCUT2D eigenvalue weighted by Gasteiger charge is 2.55. The van der Waals surface area contributed by atoms with Gasteiger partial charge in [0.2, 0.25) is 5.72 Å². The van der Waals surface area contributed by atoms with Crippen LogP contribution in [0.3, 0.4) is 0 Å². The summed E-state index contributed by atoms with van der Waals surface area (Å²) in [5.74, 6) is 0.457. The Bertz CT molecular complexity index is 1670. The lowest BCUT2D eigenvalue weighted by atomic mass is 9.81. The number of carbonyl (C=O) groups is 1. The first-order chi connectivity index (χ1) is 16.9. The van der Waals surface area contributed by atoms with E-state index in [0.29, 0.717) is 31.6 Å². The van der Waals surface area contributed by atoms with E-state index in [1.807, 2.05) is 48.5 Å². The molecule has 7 nitrogen and oxygen atoms in total. The van der Waals surface area contributed by atoms with Crippen LogP contribution in [-0.2, 0) is 9.53 Å². The van der Waals surface area contributed by atoms with E-state index in [1.165, 1.54) is 18.4 Å². The molecule has 2 aromatic heterocycles. The lowest BCUT2D eigenvalue weighted by Crippen LogP contribution is -2.58. The summed E-state index contributed by atoms with van der Waals surface area (Å²) in [6.07, 6.45) is 1.69. The normalized spacial score (nSPS) is 22.5. The zero-order chi connectivity index (χ0) is 24.3. The molecule has 4 heterocycles. The molecular weight excluding hydrogens is 488 g/mol. The summed E-state index contributed by atoms with van der Waals surface area (Å²) >= 11 is 7.33. The summed E-state index contributed by atoms with van der Waals surface area (Å²) in [6, 6.07) is 17.8. The Balaban J connectivity index is 1.51. The predicted molar refractivity (Wildman–Crippen MR) is 131 cm³/mol. The van der Waals surface area contributed by atoms with Crippen molar-refractivity contribution in [2.24, 2.45) is 10.9 Å². The van der Waals surface area contributed by atoms with Gasteiger partial charge in [0.15, 0.2) is 4.80 Å². The van der Waals surface area contributed by atoms with Gasteiger partial charge in [0, 0.05) is 22.2 Å². The number of furan rings is 1. The number of hydrogen-bond donors (Lipinski definition) is 0. The molecule has 2 aromatic carbocycles. The minimum Gasteiger partial charge on any atom is -0.469 e. The highest BCUT2D eigenvalue weighted by atomic mass is 35.5. The molecule has 0 radical (unpaired) electrons. The predicted octanol–water partition coefficient (Wildman–Crippen LogP) is 3.77. The van der Waals surface area contributed by atoms with Crippen molar-refractivity contribution in [1.29, 1.82) is 0 Å². The molecule has 2 aliphatic rings. The number of aromatic nitrogens is 1.